The smallest absolute Gasteiger partial charge is 0.416 e. The number of alkyl halides is 3. The molecule has 1 aromatic heterocycles. The molecule has 0 radical (unpaired) electrons. The van der Waals surface area contributed by atoms with Crippen LogP contribution in [-0.4, -0.2) is 15.9 Å². The van der Waals surface area contributed by atoms with Gasteiger partial charge in [0.25, 0.3) is 0 Å². The Bertz CT molecular complexity index is 1160. The standard InChI is InChI=1S/C18H6F3N5O2S2/c19-18(20,21)10-3-1-2-9(4-10)8-28-16(27)11(5-22)17-29-14-15(30-17)26-13(7-24)12(6-23)25-14/h1-4H,8H2. The van der Waals surface area contributed by atoms with E-state index in [0.29, 0.717) is 0 Å². The topological polar surface area (TPSA) is 123 Å². The molecule has 7 nitrogen and oxygen atoms in total. The zero-order valence-corrected chi connectivity index (χ0v) is 16.2. The van der Waals surface area contributed by atoms with E-state index in [2.05, 4.69) is 9.97 Å². The van der Waals surface area contributed by atoms with Crippen molar-refractivity contribution in [2.75, 3.05) is 0 Å². The third-order valence-corrected chi connectivity index (χ3v) is 5.93. The fraction of sp³-hybridized carbons (Fsp3) is 0.111. The van der Waals surface area contributed by atoms with Crippen molar-refractivity contribution in [1.29, 1.82) is 15.8 Å². The van der Waals surface area contributed by atoms with Crippen LogP contribution in [0.25, 0.3) is 0 Å². The van der Waals surface area contributed by atoms with Crippen molar-refractivity contribution in [3.05, 3.63) is 56.6 Å². The van der Waals surface area contributed by atoms with Crippen molar-refractivity contribution in [2.45, 2.75) is 22.8 Å². The van der Waals surface area contributed by atoms with Crippen LogP contribution in [0.4, 0.5) is 13.2 Å². The minimum atomic E-state index is -4.53. The second-order valence-corrected chi connectivity index (χ2v) is 7.76. The predicted octanol–water partition coefficient (Wildman–Crippen LogP) is 3.92. The van der Waals surface area contributed by atoms with Gasteiger partial charge in [0.05, 0.1) is 9.80 Å². The Morgan fingerprint density at radius 2 is 1.67 bits per heavy atom. The van der Waals surface area contributed by atoms with Crippen LogP contribution in [0.1, 0.15) is 22.5 Å². The monoisotopic (exact) mass is 445 g/mol. The van der Waals surface area contributed by atoms with Crippen LogP contribution in [0, 0.1) is 34.0 Å². The van der Waals surface area contributed by atoms with Gasteiger partial charge in [-0.2, -0.15) is 29.0 Å². The van der Waals surface area contributed by atoms with E-state index < -0.39 is 24.3 Å². The number of nitrogens with zero attached hydrogens (tertiary/aromatic N) is 5. The Labute approximate surface area is 175 Å². The second kappa shape index (κ2) is 8.46. The van der Waals surface area contributed by atoms with E-state index >= 15 is 0 Å². The molecular formula is C18H6F3N5O2S2. The van der Waals surface area contributed by atoms with Crippen LogP contribution in [0.2, 0.25) is 0 Å². The normalized spacial score (nSPS) is 12.3. The van der Waals surface area contributed by atoms with E-state index in [4.69, 9.17) is 15.3 Å². The number of esters is 1. The van der Waals surface area contributed by atoms with Gasteiger partial charge in [-0.05, 0) is 17.7 Å². The average Bonchev–Trinajstić information content (AvgIpc) is 3.13. The summed E-state index contributed by atoms with van der Waals surface area (Å²) in [6.07, 6.45) is -4.53. The Hall–Kier alpha value is -3.53. The first-order valence-electron chi connectivity index (χ1n) is 7.82. The summed E-state index contributed by atoms with van der Waals surface area (Å²) in [5.41, 5.74) is -1.52. The molecule has 1 aliphatic heterocycles. The van der Waals surface area contributed by atoms with Crippen LogP contribution < -0.4 is 0 Å². The number of hydrogen-bond acceptors (Lipinski definition) is 9. The molecule has 30 heavy (non-hydrogen) atoms. The molecule has 1 aromatic carbocycles. The van der Waals surface area contributed by atoms with Crippen LogP contribution in [-0.2, 0) is 22.3 Å². The molecule has 0 N–H and O–H groups in total. The van der Waals surface area contributed by atoms with E-state index in [9.17, 15) is 23.2 Å². The van der Waals surface area contributed by atoms with Crippen molar-refractivity contribution in [2.24, 2.45) is 0 Å². The first-order chi connectivity index (χ1) is 14.3. The molecule has 0 amide bonds. The van der Waals surface area contributed by atoms with Crippen LogP contribution >= 0.6 is 23.5 Å². The Morgan fingerprint density at radius 3 is 2.17 bits per heavy atom. The molecule has 0 bridgehead atoms. The molecule has 1 aliphatic rings. The SMILES string of the molecule is N#CC(C(=O)OCc1cccc(C(F)(F)F)c1)=C1Sc2nc(C#N)c(C#N)nc2S1. The van der Waals surface area contributed by atoms with Crippen LogP contribution in [0.5, 0.6) is 0 Å². The van der Waals surface area contributed by atoms with Crippen LogP contribution in [0.3, 0.4) is 0 Å². The highest BCUT2D eigenvalue weighted by atomic mass is 32.2. The van der Waals surface area contributed by atoms with Gasteiger partial charge in [-0.1, -0.05) is 35.7 Å². The second-order valence-electron chi connectivity index (χ2n) is 5.51. The Morgan fingerprint density at radius 1 is 1.07 bits per heavy atom. The minimum absolute atomic E-state index is 0.108. The van der Waals surface area contributed by atoms with E-state index in [0.717, 1.165) is 35.7 Å². The maximum absolute atomic E-state index is 12.8. The van der Waals surface area contributed by atoms with Gasteiger partial charge in [0.2, 0.25) is 0 Å². The highest BCUT2D eigenvalue weighted by molar-refractivity contribution is 8.24. The molecule has 3 rings (SSSR count). The zero-order chi connectivity index (χ0) is 21.9. The third-order valence-electron chi connectivity index (χ3n) is 3.57. The fourth-order valence-corrected chi connectivity index (χ4v) is 4.47. The molecule has 0 atom stereocenters. The summed E-state index contributed by atoms with van der Waals surface area (Å²) in [5.74, 6) is -1.03. The lowest BCUT2D eigenvalue weighted by Gasteiger charge is -2.09. The number of carbonyl (C=O) groups is 1. The summed E-state index contributed by atoms with van der Waals surface area (Å²) < 4.78 is 43.5. The third kappa shape index (κ3) is 4.38. The number of rotatable bonds is 3. The van der Waals surface area contributed by atoms with Gasteiger partial charge < -0.3 is 4.74 Å². The van der Waals surface area contributed by atoms with Gasteiger partial charge in [-0.3, -0.25) is 0 Å². The molecule has 2 aromatic rings. The average molecular weight is 445 g/mol. The Balaban J connectivity index is 1.79. The van der Waals surface area contributed by atoms with Gasteiger partial charge in [-0.25, -0.2) is 14.8 Å². The molecular weight excluding hydrogens is 439 g/mol. The highest BCUT2D eigenvalue weighted by Crippen LogP contribution is 2.50. The fourth-order valence-electron chi connectivity index (χ4n) is 2.23. The summed E-state index contributed by atoms with van der Waals surface area (Å²) in [5, 5.41) is 27.9. The summed E-state index contributed by atoms with van der Waals surface area (Å²) in [6.45, 7) is -0.461. The molecule has 0 saturated heterocycles. The summed E-state index contributed by atoms with van der Waals surface area (Å²) in [6, 6.07) is 9.47. The molecule has 0 saturated carbocycles. The van der Waals surface area contributed by atoms with E-state index in [-0.39, 0.29) is 36.8 Å². The van der Waals surface area contributed by atoms with Crippen molar-refractivity contribution >= 4 is 29.5 Å². The molecule has 12 heteroatoms. The number of thioether (sulfide) groups is 2. The highest BCUT2D eigenvalue weighted by Gasteiger charge is 2.31. The quantitative estimate of drug-likeness (QED) is 0.393. The number of carbonyl (C=O) groups excluding carboxylic acids is 1. The van der Waals surface area contributed by atoms with Gasteiger partial charge in [-0.15, -0.1) is 0 Å². The van der Waals surface area contributed by atoms with Crippen molar-refractivity contribution in [3.63, 3.8) is 0 Å². The lowest BCUT2D eigenvalue weighted by molar-refractivity contribution is -0.139. The van der Waals surface area contributed by atoms with E-state index in [1.54, 1.807) is 18.2 Å². The Kier molecular flexibility index (Phi) is 5.97. The lowest BCUT2D eigenvalue weighted by Crippen LogP contribution is -2.09. The summed E-state index contributed by atoms with van der Waals surface area (Å²) in [7, 11) is 0. The molecule has 2 heterocycles. The van der Waals surface area contributed by atoms with Gasteiger partial charge in [0.1, 0.15) is 34.9 Å². The maximum atomic E-state index is 12.8. The zero-order valence-electron chi connectivity index (χ0n) is 14.5. The molecule has 0 unspecified atom stereocenters. The maximum Gasteiger partial charge on any atom is 0.416 e. The number of nitriles is 3. The molecule has 0 aliphatic carbocycles. The van der Waals surface area contributed by atoms with Crippen LogP contribution in [0.15, 0.2) is 44.1 Å². The van der Waals surface area contributed by atoms with Crippen molar-refractivity contribution in [1.82, 2.24) is 9.97 Å². The summed E-state index contributed by atoms with van der Waals surface area (Å²) >= 11 is 1.82. The van der Waals surface area contributed by atoms with Crippen molar-refractivity contribution in [3.8, 4) is 18.2 Å². The van der Waals surface area contributed by atoms with Gasteiger partial charge >= 0.3 is 12.1 Å². The predicted molar refractivity (Wildman–Crippen MR) is 97.1 cm³/mol. The first-order valence-corrected chi connectivity index (χ1v) is 9.45. The van der Waals surface area contributed by atoms with E-state index in [1.807, 2.05) is 0 Å². The number of hydrogen-bond donors (Lipinski definition) is 0. The molecule has 0 spiro atoms. The van der Waals surface area contributed by atoms with E-state index in [1.165, 1.54) is 12.1 Å². The number of halogens is 3. The largest absolute Gasteiger partial charge is 0.457 e. The number of aromatic nitrogens is 2. The molecule has 148 valence electrons. The lowest BCUT2D eigenvalue weighted by atomic mass is 10.1. The number of benzene rings is 1. The first kappa shape index (κ1) is 21.2. The minimum Gasteiger partial charge on any atom is -0.457 e. The van der Waals surface area contributed by atoms with Gasteiger partial charge in [0.15, 0.2) is 17.0 Å². The summed E-state index contributed by atoms with van der Waals surface area (Å²) in [4.78, 5) is 20.3. The molecule has 0 fully saturated rings. The number of fused-ring (bicyclic) bond motifs is 1. The van der Waals surface area contributed by atoms with Crippen molar-refractivity contribution < 1.29 is 22.7 Å². The van der Waals surface area contributed by atoms with Gasteiger partial charge in [0, 0.05) is 0 Å². The number of ether oxygens (including phenoxy) is 1.